The van der Waals surface area contributed by atoms with E-state index in [1.165, 1.54) is 0 Å². The highest BCUT2D eigenvalue weighted by molar-refractivity contribution is 7.10. The second-order valence-electron chi connectivity index (χ2n) is 6.46. The van der Waals surface area contributed by atoms with Crippen LogP contribution >= 0.6 is 11.3 Å². The molecule has 7 heteroatoms. The molecule has 4 rings (SSSR count). The van der Waals surface area contributed by atoms with Crippen LogP contribution in [0.4, 0.5) is 5.69 Å². The molecule has 2 aliphatic heterocycles. The largest absolute Gasteiger partial charge is 0.493 e. The second kappa shape index (κ2) is 6.92. The van der Waals surface area contributed by atoms with Crippen molar-refractivity contribution in [2.75, 3.05) is 13.1 Å². The van der Waals surface area contributed by atoms with Crippen molar-refractivity contribution in [3.63, 3.8) is 0 Å². The van der Waals surface area contributed by atoms with Crippen molar-refractivity contribution in [1.29, 1.82) is 0 Å². The van der Waals surface area contributed by atoms with Crippen LogP contribution < -0.4 is 4.87 Å². The number of hydrogen-bond acceptors (Lipinski definition) is 5. The molecule has 6 nitrogen and oxygen atoms in total. The molecule has 26 heavy (non-hydrogen) atoms. The van der Waals surface area contributed by atoms with Gasteiger partial charge in [-0.05, 0) is 31.4 Å². The highest BCUT2D eigenvalue weighted by atomic mass is 32.1. The molecule has 1 saturated heterocycles. The minimum atomic E-state index is -0.331. The molecule has 3 heterocycles. The number of benzene rings is 1. The van der Waals surface area contributed by atoms with Gasteiger partial charge < -0.3 is 10.0 Å². The van der Waals surface area contributed by atoms with Crippen LogP contribution in [0.15, 0.2) is 34.1 Å². The maximum atomic E-state index is 12.4. The fourth-order valence-corrected chi connectivity index (χ4v) is 4.16. The predicted molar refractivity (Wildman–Crippen MR) is 103 cm³/mol. The van der Waals surface area contributed by atoms with Gasteiger partial charge in [-0.25, -0.2) is 0 Å². The van der Waals surface area contributed by atoms with Gasteiger partial charge in [-0.1, -0.05) is 29.5 Å². The van der Waals surface area contributed by atoms with Crippen molar-refractivity contribution in [3.8, 4) is 5.88 Å². The molecule has 0 bridgehead atoms. The predicted octanol–water partition coefficient (Wildman–Crippen LogP) is 2.88. The molecule has 0 unspecified atom stereocenters. The van der Waals surface area contributed by atoms with Gasteiger partial charge in [0.25, 0.3) is 0 Å². The van der Waals surface area contributed by atoms with Gasteiger partial charge in [0, 0.05) is 30.4 Å². The third-order valence-corrected chi connectivity index (χ3v) is 5.66. The van der Waals surface area contributed by atoms with Crippen molar-refractivity contribution in [2.45, 2.75) is 25.8 Å². The molecule has 0 atom stereocenters. The Hall–Kier alpha value is -2.67. The van der Waals surface area contributed by atoms with Crippen LogP contribution in [-0.4, -0.2) is 39.8 Å². The molecule has 2 aromatic rings. The van der Waals surface area contributed by atoms with Crippen molar-refractivity contribution in [1.82, 2.24) is 9.47 Å². The van der Waals surface area contributed by atoms with Crippen LogP contribution in [0.2, 0.25) is 0 Å². The van der Waals surface area contributed by atoms with Crippen molar-refractivity contribution in [3.05, 3.63) is 44.4 Å². The number of carbonyl (C=O) groups excluding carboxylic acids is 1. The molecule has 0 spiro atoms. The number of thiazole rings is 1. The summed E-state index contributed by atoms with van der Waals surface area (Å²) >= 11 is 0.940. The van der Waals surface area contributed by atoms with E-state index in [2.05, 4.69) is 4.99 Å². The smallest absolute Gasteiger partial charge is 0.311 e. The van der Waals surface area contributed by atoms with Crippen LogP contribution in [0.5, 0.6) is 5.88 Å². The number of likely N-dealkylation sites (tertiary alicyclic amines) is 1. The van der Waals surface area contributed by atoms with Crippen LogP contribution in [-0.2, 0) is 11.3 Å². The number of amides is 1. The summed E-state index contributed by atoms with van der Waals surface area (Å²) in [4.78, 5) is 30.9. The van der Waals surface area contributed by atoms with Gasteiger partial charge in [0.05, 0.1) is 10.6 Å². The van der Waals surface area contributed by atoms with Gasteiger partial charge in [-0.2, -0.15) is 0 Å². The topological polar surface area (TPSA) is 74.9 Å². The lowest BCUT2D eigenvalue weighted by molar-refractivity contribution is -0.132. The number of rotatable bonds is 3. The third kappa shape index (κ3) is 3.10. The molecule has 0 saturated carbocycles. The number of fused-ring (bicyclic) bond motifs is 1. The standard InChI is InChI=1S/C19H19N3O3S/c23-17(21-8-4-1-5-9-21)12-22-18(24)16(26-19(22)25)10-13-11-20-15-7-3-2-6-14(13)15/h2-3,6-7,10-11,24H,1,4-5,8-9,12H2/b13-10+. The summed E-state index contributed by atoms with van der Waals surface area (Å²) in [6.07, 6.45) is 6.59. The summed E-state index contributed by atoms with van der Waals surface area (Å²) < 4.78 is 1.16. The normalized spacial score (nSPS) is 17.7. The maximum absolute atomic E-state index is 12.4. The summed E-state index contributed by atoms with van der Waals surface area (Å²) in [6, 6.07) is 7.70. The number of allylic oxidation sites excluding steroid dienone is 1. The van der Waals surface area contributed by atoms with Crippen molar-refractivity contribution in [2.24, 2.45) is 4.99 Å². The molecule has 1 aromatic carbocycles. The number of carbonyl (C=O) groups is 1. The highest BCUT2D eigenvalue weighted by Crippen LogP contribution is 2.34. The summed E-state index contributed by atoms with van der Waals surface area (Å²) in [6.45, 7) is 1.33. The molecule has 2 aliphatic rings. The Morgan fingerprint density at radius 2 is 2.00 bits per heavy atom. The third-order valence-electron chi connectivity index (χ3n) is 4.74. The van der Waals surface area contributed by atoms with Crippen molar-refractivity contribution >= 4 is 40.8 Å². The van der Waals surface area contributed by atoms with Crippen molar-refractivity contribution < 1.29 is 9.90 Å². The monoisotopic (exact) mass is 369 g/mol. The zero-order chi connectivity index (χ0) is 18.1. The summed E-state index contributed by atoms with van der Waals surface area (Å²) in [7, 11) is 0. The number of nitrogens with zero attached hydrogens (tertiary/aromatic N) is 3. The molecule has 134 valence electrons. The quantitative estimate of drug-likeness (QED) is 0.904. The SMILES string of the molecule is O=C(Cn1c(O)c(/C=C2\C=Nc3ccccc32)sc1=O)N1CCCCC1. The molecule has 0 radical (unpaired) electrons. The first-order valence-electron chi connectivity index (χ1n) is 8.69. The van der Waals surface area contributed by atoms with E-state index < -0.39 is 0 Å². The molecular weight excluding hydrogens is 350 g/mol. The zero-order valence-corrected chi connectivity index (χ0v) is 15.0. The number of aliphatic imine (C=N–C) groups is 1. The lowest BCUT2D eigenvalue weighted by Crippen LogP contribution is -2.38. The van der Waals surface area contributed by atoms with Gasteiger partial charge in [-0.3, -0.25) is 19.1 Å². The van der Waals surface area contributed by atoms with Crippen LogP contribution in [0, 0.1) is 0 Å². The average molecular weight is 369 g/mol. The molecule has 1 amide bonds. The Kier molecular flexibility index (Phi) is 4.46. The number of hydrogen-bond donors (Lipinski definition) is 1. The van der Waals surface area contributed by atoms with E-state index in [4.69, 9.17) is 0 Å². The zero-order valence-electron chi connectivity index (χ0n) is 14.2. The summed E-state index contributed by atoms with van der Waals surface area (Å²) in [5.41, 5.74) is 2.67. The Bertz CT molecular complexity index is 965. The van der Waals surface area contributed by atoms with E-state index in [1.807, 2.05) is 24.3 Å². The number of aromatic hydroxyl groups is 1. The Morgan fingerprint density at radius 1 is 1.23 bits per heavy atom. The van der Waals surface area contributed by atoms with E-state index in [9.17, 15) is 14.7 Å². The summed E-state index contributed by atoms with van der Waals surface area (Å²) in [5, 5.41) is 10.5. The number of para-hydroxylation sites is 1. The van der Waals surface area contributed by atoms with E-state index in [0.717, 1.165) is 65.1 Å². The number of piperidine rings is 1. The van der Waals surface area contributed by atoms with Gasteiger partial charge >= 0.3 is 4.87 Å². The molecular formula is C19H19N3O3S. The molecule has 1 fully saturated rings. The first-order valence-corrected chi connectivity index (χ1v) is 9.50. The van der Waals surface area contributed by atoms with Crippen LogP contribution in [0.25, 0.3) is 11.6 Å². The molecule has 1 N–H and O–H groups in total. The van der Waals surface area contributed by atoms with Gasteiger partial charge in [0.2, 0.25) is 11.8 Å². The Labute approximate surface area is 154 Å². The maximum Gasteiger partial charge on any atom is 0.311 e. The molecule has 0 aliphatic carbocycles. The lowest BCUT2D eigenvalue weighted by Gasteiger charge is -2.26. The fraction of sp³-hybridized carbons (Fsp3) is 0.316. The Morgan fingerprint density at radius 3 is 2.81 bits per heavy atom. The van der Waals surface area contributed by atoms with E-state index in [-0.39, 0.29) is 23.2 Å². The van der Waals surface area contributed by atoms with Crippen LogP contribution in [0.1, 0.15) is 29.7 Å². The average Bonchev–Trinajstić information content (AvgIpc) is 3.19. The summed E-state index contributed by atoms with van der Waals surface area (Å²) in [5.74, 6) is -0.275. The van der Waals surface area contributed by atoms with E-state index >= 15 is 0 Å². The van der Waals surface area contributed by atoms with Crippen LogP contribution in [0.3, 0.4) is 0 Å². The van der Waals surface area contributed by atoms with E-state index in [0.29, 0.717) is 4.88 Å². The Balaban J connectivity index is 1.60. The first kappa shape index (κ1) is 16.8. The minimum absolute atomic E-state index is 0.116. The van der Waals surface area contributed by atoms with Gasteiger partial charge in [-0.15, -0.1) is 0 Å². The lowest BCUT2D eigenvalue weighted by atomic mass is 10.1. The first-order chi connectivity index (χ1) is 12.6. The highest BCUT2D eigenvalue weighted by Gasteiger charge is 2.21. The minimum Gasteiger partial charge on any atom is -0.493 e. The van der Waals surface area contributed by atoms with E-state index in [1.54, 1.807) is 17.2 Å². The fourth-order valence-electron chi connectivity index (χ4n) is 3.32. The molecule has 1 aromatic heterocycles. The van der Waals surface area contributed by atoms with Gasteiger partial charge in [0.15, 0.2) is 0 Å². The van der Waals surface area contributed by atoms with Gasteiger partial charge in [0.1, 0.15) is 6.54 Å². The number of aromatic nitrogens is 1. The second-order valence-corrected chi connectivity index (χ2v) is 7.45.